The van der Waals surface area contributed by atoms with Crippen molar-refractivity contribution in [2.24, 2.45) is 11.8 Å². The van der Waals surface area contributed by atoms with Gasteiger partial charge in [-0.3, -0.25) is 0 Å². The first kappa shape index (κ1) is 27.8. The van der Waals surface area contributed by atoms with Gasteiger partial charge in [-0.05, 0) is 124 Å². The molecule has 2 nitrogen and oxygen atoms in total. The molecule has 0 heterocycles. The molecule has 0 aliphatic heterocycles. The lowest BCUT2D eigenvalue weighted by Gasteiger charge is -2.31. The van der Waals surface area contributed by atoms with E-state index < -0.39 is 11.6 Å². The first-order chi connectivity index (χ1) is 17.9. The lowest BCUT2D eigenvalue weighted by atomic mass is 9.76. The molecule has 0 radical (unpaired) electrons. The van der Waals surface area contributed by atoms with Gasteiger partial charge in [0.25, 0.3) is 0 Å². The topological polar surface area (TPSA) is 29.5 Å². The van der Waals surface area contributed by atoms with Crippen molar-refractivity contribution < 1.29 is 23.0 Å². The highest BCUT2D eigenvalue weighted by molar-refractivity contribution is 5.32. The molecule has 0 bridgehead atoms. The number of benzene rings is 2. The summed E-state index contributed by atoms with van der Waals surface area (Å²) in [6.45, 7) is 5.96. The largest absolute Gasteiger partial charge is 0.493 e. The maximum Gasteiger partial charge on any atom is 0.162 e. The summed E-state index contributed by atoms with van der Waals surface area (Å²) in [4.78, 5) is 0. The molecule has 2 saturated carbocycles. The summed E-state index contributed by atoms with van der Waals surface area (Å²) in [5.41, 5.74) is 1.70. The number of ether oxygens (including phenoxy) is 1. The first-order valence-electron chi connectivity index (χ1n) is 14.0. The van der Waals surface area contributed by atoms with Crippen molar-refractivity contribution in [1.29, 1.82) is 0 Å². The van der Waals surface area contributed by atoms with Crippen LogP contribution >= 0.6 is 0 Å². The van der Waals surface area contributed by atoms with E-state index in [1.54, 1.807) is 18.2 Å². The molecule has 202 valence electrons. The molecule has 1 N–H and O–H groups in total. The Hall–Kier alpha value is -2.27. The molecule has 37 heavy (non-hydrogen) atoms. The number of rotatable bonds is 10. The highest BCUT2D eigenvalue weighted by atomic mass is 19.2. The van der Waals surface area contributed by atoms with E-state index in [-0.39, 0.29) is 29.7 Å². The monoisotopic (exact) mass is 514 g/mol. The van der Waals surface area contributed by atoms with Crippen LogP contribution in [0.25, 0.3) is 0 Å². The minimum atomic E-state index is -0.693. The van der Waals surface area contributed by atoms with E-state index in [4.69, 9.17) is 4.74 Å². The second-order valence-electron chi connectivity index (χ2n) is 11.2. The van der Waals surface area contributed by atoms with Gasteiger partial charge in [0.2, 0.25) is 0 Å². The number of aliphatic hydroxyl groups is 1. The van der Waals surface area contributed by atoms with Crippen LogP contribution in [0, 0.1) is 29.3 Å². The second-order valence-corrected chi connectivity index (χ2v) is 11.2. The Labute approximate surface area is 219 Å². The summed E-state index contributed by atoms with van der Waals surface area (Å²) >= 11 is 0. The summed E-state index contributed by atoms with van der Waals surface area (Å²) in [7, 11) is 0. The first-order valence-corrected chi connectivity index (χ1v) is 14.0. The normalized spacial score (nSPS) is 25.0. The molecule has 5 heteroatoms. The van der Waals surface area contributed by atoms with Crippen molar-refractivity contribution in [3.8, 4) is 5.75 Å². The average Bonchev–Trinajstić information content (AvgIpc) is 2.90. The van der Waals surface area contributed by atoms with Gasteiger partial charge in [-0.2, -0.15) is 0 Å². The van der Waals surface area contributed by atoms with Gasteiger partial charge >= 0.3 is 0 Å². The molecule has 4 rings (SSSR count). The minimum absolute atomic E-state index is 0.0296. The fourth-order valence-corrected chi connectivity index (χ4v) is 6.34. The Morgan fingerprint density at radius 3 is 2.22 bits per heavy atom. The Morgan fingerprint density at radius 2 is 1.57 bits per heavy atom. The molecular weight excluding hydrogens is 473 g/mol. The zero-order valence-corrected chi connectivity index (χ0v) is 22.0. The third-order valence-corrected chi connectivity index (χ3v) is 8.76. The van der Waals surface area contributed by atoms with E-state index in [1.807, 2.05) is 19.1 Å². The molecular formula is C32H41F3O2. The zero-order valence-electron chi connectivity index (χ0n) is 22.0. The van der Waals surface area contributed by atoms with Gasteiger partial charge in [-0.15, -0.1) is 6.58 Å². The van der Waals surface area contributed by atoms with Crippen molar-refractivity contribution in [2.45, 2.75) is 95.5 Å². The smallest absolute Gasteiger partial charge is 0.162 e. The minimum Gasteiger partial charge on any atom is -0.493 e. The average molecular weight is 515 g/mol. The number of hydrogen-bond acceptors (Lipinski definition) is 2. The number of aryl methyl sites for hydroxylation is 1. The summed E-state index contributed by atoms with van der Waals surface area (Å²) in [6, 6.07) is 8.72. The van der Waals surface area contributed by atoms with Gasteiger partial charge in [0.15, 0.2) is 11.6 Å². The van der Waals surface area contributed by atoms with Crippen LogP contribution in [0.4, 0.5) is 13.2 Å². The van der Waals surface area contributed by atoms with Crippen LogP contribution in [0.1, 0.15) is 99.7 Å². The van der Waals surface area contributed by atoms with Crippen LogP contribution in [0.15, 0.2) is 43.0 Å². The molecule has 2 aliphatic rings. The maximum atomic E-state index is 15.0. The van der Waals surface area contributed by atoms with Crippen LogP contribution in [-0.2, 0) is 6.42 Å². The maximum absolute atomic E-state index is 15.0. The van der Waals surface area contributed by atoms with Crippen molar-refractivity contribution in [1.82, 2.24) is 0 Å². The second kappa shape index (κ2) is 13.0. The van der Waals surface area contributed by atoms with Gasteiger partial charge in [-0.25, -0.2) is 13.2 Å². The third-order valence-electron chi connectivity index (χ3n) is 8.76. The third kappa shape index (κ3) is 6.98. The fourth-order valence-electron chi connectivity index (χ4n) is 6.34. The van der Waals surface area contributed by atoms with Gasteiger partial charge in [0.1, 0.15) is 11.6 Å². The molecule has 2 aromatic rings. The van der Waals surface area contributed by atoms with E-state index >= 15 is 0 Å². The molecule has 2 fully saturated rings. The molecule has 2 aromatic carbocycles. The highest BCUT2D eigenvalue weighted by Gasteiger charge is 2.29. The van der Waals surface area contributed by atoms with Gasteiger partial charge in [0, 0.05) is 6.07 Å². The molecule has 0 spiro atoms. The SMILES string of the molecule is C=CCCOc1ccc(C2CCC(CCc3ccc(C4CCC(C(C)O)CC4)c(F)c3F)CC2)c(F)c1. The van der Waals surface area contributed by atoms with Crippen molar-refractivity contribution >= 4 is 0 Å². The summed E-state index contributed by atoms with van der Waals surface area (Å²) in [5, 5.41) is 9.81. The summed E-state index contributed by atoms with van der Waals surface area (Å²) in [5.74, 6) is -0.121. The Bertz CT molecular complexity index is 1030. The van der Waals surface area contributed by atoms with Crippen LogP contribution < -0.4 is 4.74 Å². The quantitative estimate of drug-likeness (QED) is 0.254. The van der Waals surface area contributed by atoms with Crippen LogP contribution in [0.2, 0.25) is 0 Å². The van der Waals surface area contributed by atoms with Crippen molar-refractivity contribution in [3.05, 3.63) is 77.1 Å². The number of aliphatic hydroxyl groups excluding tert-OH is 1. The molecule has 1 unspecified atom stereocenters. The highest BCUT2D eigenvalue weighted by Crippen LogP contribution is 2.41. The van der Waals surface area contributed by atoms with Gasteiger partial charge in [-0.1, -0.05) is 24.3 Å². The van der Waals surface area contributed by atoms with E-state index in [0.29, 0.717) is 35.8 Å². The molecule has 0 aromatic heterocycles. The lowest BCUT2D eigenvalue weighted by Crippen LogP contribution is -2.23. The Balaban J connectivity index is 1.27. The predicted octanol–water partition coefficient (Wildman–Crippen LogP) is 8.62. The van der Waals surface area contributed by atoms with Crippen molar-refractivity contribution in [3.63, 3.8) is 0 Å². The van der Waals surface area contributed by atoms with E-state index in [9.17, 15) is 18.3 Å². The predicted molar refractivity (Wildman–Crippen MR) is 142 cm³/mol. The molecule has 1 atom stereocenters. The van der Waals surface area contributed by atoms with Gasteiger partial charge < -0.3 is 9.84 Å². The van der Waals surface area contributed by atoms with Crippen LogP contribution in [-0.4, -0.2) is 17.8 Å². The van der Waals surface area contributed by atoms with E-state index in [1.165, 1.54) is 6.07 Å². The molecule has 0 saturated heterocycles. The number of halogens is 3. The van der Waals surface area contributed by atoms with Gasteiger partial charge in [0.05, 0.1) is 12.7 Å². The Morgan fingerprint density at radius 1 is 0.919 bits per heavy atom. The van der Waals surface area contributed by atoms with Crippen LogP contribution in [0.3, 0.4) is 0 Å². The summed E-state index contributed by atoms with van der Waals surface area (Å²) < 4.78 is 50.2. The fraction of sp³-hybridized carbons (Fsp3) is 0.562. The summed E-state index contributed by atoms with van der Waals surface area (Å²) in [6.07, 6.45) is 10.5. The van der Waals surface area contributed by atoms with E-state index in [0.717, 1.165) is 69.8 Å². The van der Waals surface area contributed by atoms with Crippen LogP contribution in [0.5, 0.6) is 5.75 Å². The van der Waals surface area contributed by atoms with Crippen molar-refractivity contribution in [2.75, 3.05) is 6.61 Å². The zero-order chi connectivity index (χ0) is 26.4. The lowest BCUT2D eigenvalue weighted by molar-refractivity contribution is 0.0963. The standard InChI is InChI=1S/C32H41F3O2/c1-3-4-19-37-27-16-18-28(30(33)20-27)24-8-5-22(6-9-24)7-10-26-15-17-29(32(35)31(26)34)25-13-11-23(12-14-25)21(2)36/h3,15-18,20-25,36H,1,4-14,19H2,2H3. The Kier molecular flexibility index (Phi) is 9.75. The number of hydrogen-bond donors (Lipinski definition) is 1. The van der Waals surface area contributed by atoms with E-state index in [2.05, 4.69) is 6.58 Å². The molecule has 0 amide bonds. The molecule has 2 aliphatic carbocycles.